The zero-order valence-corrected chi connectivity index (χ0v) is 21.4. The van der Waals surface area contributed by atoms with Gasteiger partial charge in [-0.25, -0.2) is 19.5 Å². The number of nitrogens with two attached hydrogens (primary N) is 1. The third-order valence-electron chi connectivity index (χ3n) is 5.65. The summed E-state index contributed by atoms with van der Waals surface area (Å²) in [4.78, 5) is 21.7. The Bertz CT molecular complexity index is 1320. The number of nitrogens with one attached hydrogen (secondary N) is 1. The molecule has 186 valence electrons. The fourth-order valence-corrected chi connectivity index (χ4v) is 5.65. The molecular weight excluding hydrogens is 563 g/mol. The second kappa shape index (κ2) is 10.8. The van der Waals surface area contributed by atoms with Crippen molar-refractivity contribution in [2.24, 2.45) is 11.1 Å². The summed E-state index contributed by atoms with van der Waals surface area (Å²) in [7, 11) is -4.22. The molecule has 0 spiro atoms. The van der Waals surface area contributed by atoms with E-state index >= 15 is 0 Å². The number of benzene rings is 1. The van der Waals surface area contributed by atoms with Gasteiger partial charge < -0.3 is 10.4 Å². The number of carbonyl (C=O) groups is 1. The Hall–Kier alpha value is -2.29. The van der Waals surface area contributed by atoms with Gasteiger partial charge in [-0.3, -0.25) is 8.98 Å². The van der Waals surface area contributed by atoms with E-state index < -0.39 is 41.1 Å². The third-order valence-corrected chi connectivity index (χ3v) is 7.59. The first-order chi connectivity index (χ1) is 16.6. The summed E-state index contributed by atoms with van der Waals surface area (Å²) in [6.45, 7) is -0.454. The molecular formula is C22H22BrFN4O5S2. The lowest BCUT2D eigenvalue weighted by Gasteiger charge is -2.18. The normalized spacial score (nSPS) is 22.3. The predicted molar refractivity (Wildman–Crippen MR) is 132 cm³/mol. The van der Waals surface area contributed by atoms with Crippen LogP contribution in [0.4, 0.5) is 10.2 Å². The van der Waals surface area contributed by atoms with Crippen molar-refractivity contribution in [3.8, 4) is 0 Å². The smallest absolute Gasteiger partial charge is 0.333 e. The van der Waals surface area contributed by atoms with Crippen molar-refractivity contribution in [3.05, 3.63) is 74.3 Å². The number of alkyl halides is 1. The van der Waals surface area contributed by atoms with Gasteiger partial charge in [0.05, 0.1) is 29.2 Å². The summed E-state index contributed by atoms with van der Waals surface area (Å²) in [5.41, 5.74) is 2.23. The number of aliphatic hydroxyl groups excluding tert-OH is 1. The van der Waals surface area contributed by atoms with Crippen molar-refractivity contribution < 1.29 is 26.9 Å². The van der Waals surface area contributed by atoms with E-state index in [1.54, 1.807) is 0 Å². The summed E-state index contributed by atoms with van der Waals surface area (Å²) >= 11 is 4.75. The van der Waals surface area contributed by atoms with Gasteiger partial charge in [-0.1, -0.05) is 28.1 Å². The number of rotatable bonds is 9. The maximum atomic E-state index is 14.8. The largest absolute Gasteiger partial charge is 0.390 e. The van der Waals surface area contributed by atoms with E-state index in [2.05, 4.69) is 35.4 Å². The van der Waals surface area contributed by atoms with Crippen molar-refractivity contribution in [1.29, 1.82) is 0 Å². The molecule has 2 aromatic heterocycles. The number of aliphatic hydroxyl groups is 1. The molecule has 1 fully saturated rings. The molecule has 0 bridgehead atoms. The molecule has 1 aromatic carbocycles. The zero-order chi connectivity index (χ0) is 25.2. The Labute approximate surface area is 214 Å². The number of aromatic nitrogens is 2. The number of ketones is 1. The SMILES string of the molecule is NS(=O)(=O)OC[C@H]1C[C@@H](Nc2ncncc2C(=O)c2cc(Cc3cccc(Br)c3)cs2)[C@@H](F)[C@@H]1O. The van der Waals surface area contributed by atoms with Gasteiger partial charge >= 0.3 is 10.3 Å². The van der Waals surface area contributed by atoms with E-state index in [0.717, 1.165) is 15.6 Å². The second-order valence-corrected chi connectivity index (χ2v) is 11.2. The molecule has 1 aliphatic rings. The molecule has 4 N–H and O–H groups in total. The van der Waals surface area contributed by atoms with Gasteiger partial charge in [0.1, 0.15) is 18.3 Å². The van der Waals surface area contributed by atoms with E-state index in [-0.39, 0.29) is 23.6 Å². The highest BCUT2D eigenvalue weighted by Gasteiger charge is 2.44. The molecule has 1 saturated carbocycles. The van der Waals surface area contributed by atoms with Crippen molar-refractivity contribution in [1.82, 2.24) is 9.97 Å². The molecule has 2 heterocycles. The first kappa shape index (κ1) is 25.8. The van der Waals surface area contributed by atoms with Crippen LogP contribution in [0.3, 0.4) is 0 Å². The number of anilines is 1. The van der Waals surface area contributed by atoms with Crippen LogP contribution in [0, 0.1) is 5.92 Å². The van der Waals surface area contributed by atoms with Crippen LogP contribution < -0.4 is 10.5 Å². The molecule has 1 aliphatic carbocycles. The monoisotopic (exact) mass is 584 g/mol. The minimum atomic E-state index is -4.22. The quantitative estimate of drug-likeness (QED) is 0.325. The Morgan fingerprint density at radius 3 is 2.89 bits per heavy atom. The highest BCUT2D eigenvalue weighted by Crippen LogP contribution is 2.33. The first-order valence-corrected chi connectivity index (χ1v) is 13.7. The Morgan fingerprint density at radius 2 is 2.14 bits per heavy atom. The average molecular weight is 585 g/mol. The van der Waals surface area contributed by atoms with Crippen LogP contribution in [0.25, 0.3) is 0 Å². The van der Waals surface area contributed by atoms with Gasteiger partial charge in [0, 0.05) is 16.6 Å². The lowest BCUT2D eigenvalue weighted by atomic mass is 10.1. The number of halogens is 2. The van der Waals surface area contributed by atoms with Crippen LogP contribution in [0.2, 0.25) is 0 Å². The van der Waals surface area contributed by atoms with Gasteiger partial charge in [0.25, 0.3) is 0 Å². The summed E-state index contributed by atoms with van der Waals surface area (Å²) in [6, 6.07) is 8.79. The fraction of sp³-hybridized carbons (Fsp3) is 0.318. The summed E-state index contributed by atoms with van der Waals surface area (Å²) in [6.07, 6.45) is 0.0858. The molecule has 3 aromatic rings. The van der Waals surface area contributed by atoms with Crippen LogP contribution in [0.1, 0.15) is 32.8 Å². The van der Waals surface area contributed by atoms with E-state index in [0.29, 0.717) is 11.3 Å². The van der Waals surface area contributed by atoms with Crippen molar-refractivity contribution in [2.75, 3.05) is 11.9 Å². The number of carbonyl (C=O) groups excluding carboxylic acids is 1. The van der Waals surface area contributed by atoms with Gasteiger partial charge in [0.2, 0.25) is 5.78 Å². The highest BCUT2D eigenvalue weighted by molar-refractivity contribution is 9.10. The third kappa shape index (κ3) is 6.48. The predicted octanol–water partition coefficient (Wildman–Crippen LogP) is 2.84. The second-order valence-electron chi connectivity index (χ2n) is 8.20. The van der Waals surface area contributed by atoms with Crippen LogP contribution in [-0.4, -0.2) is 54.2 Å². The Balaban J connectivity index is 1.47. The minimum absolute atomic E-state index is 0.0469. The van der Waals surface area contributed by atoms with Crippen LogP contribution in [-0.2, 0) is 20.9 Å². The van der Waals surface area contributed by atoms with Gasteiger partial charge in [-0.05, 0) is 47.5 Å². The van der Waals surface area contributed by atoms with E-state index in [1.807, 2.05) is 35.7 Å². The van der Waals surface area contributed by atoms with Crippen LogP contribution in [0.5, 0.6) is 0 Å². The number of hydrogen-bond acceptors (Lipinski definition) is 9. The van der Waals surface area contributed by atoms with E-state index in [9.17, 15) is 22.7 Å². The van der Waals surface area contributed by atoms with E-state index in [1.165, 1.54) is 23.9 Å². The van der Waals surface area contributed by atoms with E-state index in [4.69, 9.17) is 5.14 Å². The van der Waals surface area contributed by atoms with Gasteiger partial charge in [0.15, 0.2) is 0 Å². The molecule has 4 atom stereocenters. The maximum Gasteiger partial charge on any atom is 0.333 e. The Kier molecular flexibility index (Phi) is 7.93. The average Bonchev–Trinajstić information content (AvgIpc) is 3.37. The highest BCUT2D eigenvalue weighted by atomic mass is 79.9. The molecule has 0 aliphatic heterocycles. The molecule has 0 saturated heterocycles. The summed E-state index contributed by atoms with van der Waals surface area (Å²) < 4.78 is 42.3. The Morgan fingerprint density at radius 1 is 1.34 bits per heavy atom. The zero-order valence-electron chi connectivity index (χ0n) is 18.2. The van der Waals surface area contributed by atoms with Crippen molar-refractivity contribution in [2.45, 2.75) is 31.2 Å². The fourth-order valence-electron chi connectivity index (χ4n) is 3.97. The van der Waals surface area contributed by atoms with Crippen LogP contribution >= 0.6 is 27.3 Å². The standard InChI is InChI=1S/C22H22BrFN4O5S2/c23-15-3-1-2-12(5-15)4-13-6-18(34-10-13)21(30)16-8-26-11-27-22(16)28-17-7-14(20(29)19(17)24)9-33-35(25,31)32/h1-3,5-6,8,10-11,14,17,19-20,29H,4,7,9H2,(H2,25,31,32)(H,26,27,28)/t14-,17-,19-,20-/m1/s1. The summed E-state index contributed by atoms with van der Waals surface area (Å²) in [5.74, 6) is -0.999. The molecule has 0 radical (unpaired) electrons. The number of hydrogen-bond donors (Lipinski definition) is 3. The topological polar surface area (TPSA) is 144 Å². The molecule has 0 unspecified atom stereocenters. The van der Waals surface area contributed by atoms with Crippen molar-refractivity contribution in [3.63, 3.8) is 0 Å². The minimum Gasteiger partial charge on any atom is -0.390 e. The molecule has 0 amide bonds. The molecule has 4 rings (SSSR count). The number of nitrogens with zero attached hydrogens (tertiary/aromatic N) is 2. The summed E-state index contributed by atoms with van der Waals surface area (Å²) in [5, 5.41) is 19.8. The van der Waals surface area contributed by atoms with Crippen LogP contribution in [0.15, 0.2) is 52.7 Å². The number of thiophene rings is 1. The van der Waals surface area contributed by atoms with Gasteiger partial charge in [-0.2, -0.15) is 8.42 Å². The molecule has 13 heteroatoms. The molecule has 35 heavy (non-hydrogen) atoms. The van der Waals surface area contributed by atoms with Gasteiger partial charge in [-0.15, -0.1) is 11.3 Å². The maximum absolute atomic E-state index is 14.8. The lowest BCUT2D eigenvalue weighted by molar-refractivity contribution is 0.0501. The van der Waals surface area contributed by atoms with Crippen molar-refractivity contribution >= 4 is 49.2 Å². The first-order valence-electron chi connectivity index (χ1n) is 10.5. The molecule has 9 nitrogen and oxygen atoms in total. The lowest BCUT2D eigenvalue weighted by Crippen LogP contribution is -2.33.